The van der Waals surface area contributed by atoms with Crippen LogP contribution in [0.25, 0.3) is 5.69 Å². The first-order chi connectivity index (χ1) is 8.46. The molecule has 0 amide bonds. The van der Waals surface area contributed by atoms with E-state index in [0.29, 0.717) is 0 Å². The van der Waals surface area contributed by atoms with Crippen molar-refractivity contribution >= 4 is 5.97 Å². The van der Waals surface area contributed by atoms with Gasteiger partial charge >= 0.3 is 5.97 Å². The zero-order chi connectivity index (χ0) is 13.2. The molecular formula is C13H15N3O2. The molecule has 0 unspecified atom stereocenters. The number of hydrogen-bond acceptors (Lipinski definition) is 4. The van der Waals surface area contributed by atoms with Gasteiger partial charge in [0.05, 0.1) is 11.9 Å². The Labute approximate surface area is 105 Å². The lowest BCUT2D eigenvalue weighted by atomic mass is 10.2. The fourth-order valence-corrected chi connectivity index (χ4v) is 1.41. The van der Waals surface area contributed by atoms with Crippen LogP contribution < -0.4 is 0 Å². The summed E-state index contributed by atoms with van der Waals surface area (Å²) >= 11 is 0. The molecule has 2 heterocycles. The smallest absolute Gasteiger partial charge is 0.359 e. The molecule has 0 saturated heterocycles. The summed E-state index contributed by atoms with van der Waals surface area (Å²) in [7, 11) is 0. The molecule has 0 spiro atoms. The van der Waals surface area contributed by atoms with Crippen molar-refractivity contribution in [1.82, 2.24) is 14.5 Å². The number of nitrogens with zero attached hydrogens (tertiary/aromatic N) is 3. The monoisotopic (exact) mass is 245 g/mol. The van der Waals surface area contributed by atoms with Gasteiger partial charge in [-0.3, -0.25) is 4.98 Å². The number of imidazole rings is 1. The van der Waals surface area contributed by atoms with E-state index in [1.165, 1.54) is 0 Å². The minimum atomic E-state index is -0.519. The summed E-state index contributed by atoms with van der Waals surface area (Å²) in [6, 6.07) is 3.70. The Morgan fingerprint density at radius 3 is 2.78 bits per heavy atom. The Hall–Kier alpha value is -2.17. The van der Waals surface area contributed by atoms with Gasteiger partial charge in [0.2, 0.25) is 0 Å². The largest absolute Gasteiger partial charge is 0.455 e. The maximum Gasteiger partial charge on any atom is 0.359 e. The van der Waals surface area contributed by atoms with Crippen LogP contribution in [0, 0.1) is 0 Å². The second-order valence-corrected chi connectivity index (χ2v) is 4.88. The highest BCUT2D eigenvalue weighted by molar-refractivity contribution is 5.87. The maximum atomic E-state index is 11.8. The van der Waals surface area contributed by atoms with Gasteiger partial charge in [-0.1, -0.05) is 0 Å². The van der Waals surface area contributed by atoms with Crippen molar-refractivity contribution in [2.45, 2.75) is 26.4 Å². The van der Waals surface area contributed by atoms with Crippen molar-refractivity contribution in [3.63, 3.8) is 0 Å². The van der Waals surface area contributed by atoms with E-state index in [1.807, 2.05) is 32.9 Å². The molecule has 0 saturated carbocycles. The Morgan fingerprint density at radius 2 is 2.17 bits per heavy atom. The number of carbonyl (C=O) groups is 1. The Balaban J connectivity index is 2.19. The van der Waals surface area contributed by atoms with E-state index in [1.54, 1.807) is 29.5 Å². The van der Waals surface area contributed by atoms with E-state index in [-0.39, 0.29) is 5.69 Å². The zero-order valence-electron chi connectivity index (χ0n) is 10.6. The molecule has 0 radical (unpaired) electrons. The molecule has 2 rings (SSSR count). The number of carbonyl (C=O) groups excluding carboxylic acids is 1. The first kappa shape index (κ1) is 12.3. The fourth-order valence-electron chi connectivity index (χ4n) is 1.41. The van der Waals surface area contributed by atoms with E-state index in [0.717, 1.165) is 5.69 Å². The van der Waals surface area contributed by atoms with Gasteiger partial charge in [0.25, 0.3) is 0 Å². The highest BCUT2D eigenvalue weighted by Gasteiger charge is 2.19. The van der Waals surface area contributed by atoms with E-state index >= 15 is 0 Å². The molecule has 2 aromatic rings. The summed E-state index contributed by atoms with van der Waals surface area (Å²) < 4.78 is 6.97. The minimum Gasteiger partial charge on any atom is -0.455 e. The number of ether oxygens (including phenoxy) is 1. The van der Waals surface area contributed by atoms with Crippen LogP contribution in [-0.4, -0.2) is 26.1 Å². The van der Waals surface area contributed by atoms with Crippen molar-refractivity contribution < 1.29 is 9.53 Å². The molecule has 5 heteroatoms. The summed E-state index contributed by atoms with van der Waals surface area (Å²) in [5, 5.41) is 0. The van der Waals surface area contributed by atoms with Gasteiger partial charge in [-0.2, -0.15) is 0 Å². The van der Waals surface area contributed by atoms with Gasteiger partial charge in [-0.15, -0.1) is 0 Å². The van der Waals surface area contributed by atoms with Gasteiger partial charge in [-0.05, 0) is 32.9 Å². The summed E-state index contributed by atoms with van der Waals surface area (Å²) in [5.74, 6) is -0.426. The topological polar surface area (TPSA) is 57.0 Å². The van der Waals surface area contributed by atoms with Crippen molar-refractivity contribution in [2.75, 3.05) is 0 Å². The van der Waals surface area contributed by atoms with Gasteiger partial charge in [0, 0.05) is 12.4 Å². The summed E-state index contributed by atoms with van der Waals surface area (Å²) in [4.78, 5) is 19.8. The van der Waals surface area contributed by atoms with Crippen LogP contribution in [-0.2, 0) is 4.74 Å². The Bertz CT molecular complexity index is 541. The van der Waals surface area contributed by atoms with Gasteiger partial charge in [-0.25, -0.2) is 9.78 Å². The first-order valence-electron chi connectivity index (χ1n) is 5.63. The highest BCUT2D eigenvalue weighted by Crippen LogP contribution is 2.12. The summed E-state index contributed by atoms with van der Waals surface area (Å²) in [5.41, 5.74) is 0.614. The van der Waals surface area contributed by atoms with Crippen molar-refractivity contribution in [3.8, 4) is 5.69 Å². The predicted molar refractivity (Wildman–Crippen MR) is 66.5 cm³/mol. The predicted octanol–water partition coefficient (Wildman–Crippen LogP) is 2.22. The summed E-state index contributed by atoms with van der Waals surface area (Å²) in [6.07, 6.45) is 6.58. The van der Waals surface area contributed by atoms with Crippen LogP contribution in [0.15, 0.2) is 37.1 Å². The van der Waals surface area contributed by atoms with Crippen molar-refractivity contribution in [2.24, 2.45) is 0 Å². The van der Waals surface area contributed by atoms with Crippen LogP contribution in [0.3, 0.4) is 0 Å². The van der Waals surface area contributed by atoms with E-state index in [2.05, 4.69) is 9.97 Å². The number of esters is 1. The van der Waals surface area contributed by atoms with Crippen molar-refractivity contribution in [1.29, 1.82) is 0 Å². The third-order valence-electron chi connectivity index (χ3n) is 2.13. The van der Waals surface area contributed by atoms with Gasteiger partial charge in [0.15, 0.2) is 5.69 Å². The van der Waals surface area contributed by atoms with Gasteiger partial charge in [0.1, 0.15) is 11.9 Å². The van der Waals surface area contributed by atoms with Crippen LogP contribution in [0.2, 0.25) is 0 Å². The molecule has 0 aliphatic rings. The highest BCUT2D eigenvalue weighted by atomic mass is 16.6. The van der Waals surface area contributed by atoms with Crippen molar-refractivity contribution in [3.05, 3.63) is 42.7 Å². The third kappa shape index (κ3) is 2.94. The average molecular weight is 245 g/mol. The lowest BCUT2D eigenvalue weighted by Crippen LogP contribution is -2.24. The molecule has 94 valence electrons. The second kappa shape index (κ2) is 4.60. The lowest BCUT2D eigenvalue weighted by molar-refractivity contribution is 0.00634. The molecule has 0 atom stereocenters. The molecule has 0 bridgehead atoms. The molecular weight excluding hydrogens is 230 g/mol. The lowest BCUT2D eigenvalue weighted by Gasteiger charge is -2.18. The fraction of sp³-hybridized carbons (Fsp3) is 0.308. The standard InChI is InChI=1S/C13H15N3O2/c1-13(2,3)18-12(17)11-8-16(9-15-11)10-5-4-6-14-7-10/h4-9H,1-3H3. The molecule has 0 aromatic carbocycles. The quantitative estimate of drug-likeness (QED) is 0.761. The molecule has 18 heavy (non-hydrogen) atoms. The molecule has 0 fully saturated rings. The molecule has 0 aliphatic carbocycles. The molecule has 0 aliphatic heterocycles. The number of rotatable bonds is 2. The zero-order valence-corrected chi connectivity index (χ0v) is 10.6. The minimum absolute atomic E-state index is 0.286. The van der Waals surface area contributed by atoms with Crippen LogP contribution >= 0.6 is 0 Å². The number of aromatic nitrogens is 3. The average Bonchev–Trinajstić information content (AvgIpc) is 2.77. The van der Waals surface area contributed by atoms with Crippen LogP contribution in [0.4, 0.5) is 0 Å². The summed E-state index contributed by atoms with van der Waals surface area (Å²) in [6.45, 7) is 5.47. The first-order valence-corrected chi connectivity index (χ1v) is 5.63. The SMILES string of the molecule is CC(C)(C)OC(=O)c1cn(-c2cccnc2)cn1. The molecule has 0 N–H and O–H groups in total. The van der Waals surface area contributed by atoms with Crippen LogP contribution in [0.1, 0.15) is 31.3 Å². The maximum absolute atomic E-state index is 11.8. The molecule has 2 aromatic heterocycles. The second-order valence-electron chi connectivity index (χ2n) is 4.88. The number of hydrogen-bond donors (Lipinski definition) is 0. The van der Waals surface area contributed by atoms with E-state index in [9.17, 15) is 4.79 Å². The normalized spacial score (nSPS) is 11.3. The Kier molecular flexibility index (Phi) is 3.14. The van der Waals surface area contributed by atoms with E-state index in [4.69, 9.17) is 4.74 Å². The van der Waals surface area contributed by atoms with Gasteiger partial charge < -0.3 is 9.30 Å². The van der Waals surface area contributed by atoms with Crippen LogP contribution in [0.5, 0.6) is 0 Å². The third-order valence-corrected chi connectivity index (χ3v) is 2.13. The molecule has 5 nitrogen and oxygen atoms in total. The van der Waals surface area contributed by atoms with E-state index < -0.39 is 11.6 Å². The number of pyridine rings is 1. The Morgan fingerprint density at radius 1 is 1.39 bits per heavy atom.